The van der Waals surface area contributed by atoms with E-state index < -0.39 is 0 Å². The molecule has 1 aromatic heterocycles. The Kier molecular flexibility index (Phi) is 4.95. The maximum Gasteiger partial charge on any atom is 0.145 e. The first-order chi connectivity index (χ1) is 12.7. The number of nitrogens with zero attached hydrogens (tertiary/aromatic N) is 1. The fourth-order valence-corrected chi connectivity index (χ4v) is 3.95. The number of thiophene rings is 1. The van der Waals surface area contributed by atoms with Crippen molar-refractivity contribution in [1.29, 1.82) is 0 Å². The van der Waals surface area contributed by atoms with Gasteiger partial charge in [-0.25, -0.2) is 0 Å². The minimum atomic E-state index is -0.223. The first-order valence-electron chi connectivity index (χ1n) is 8.60. The molecule has 0 bridgehead atoms. The van der Waals surface area contributed by atoms with E-state index >= 15 is 0 Å². The molecule has 1 saturated heterocycles. The number of likely N-dealkylation sites (tertiary alicyclic amines) is 1. The van der Waals surface area contributed by atoms with Crippen LogP contribution in [0.2, 0.25) is 0 Å². The molecule has 6 heteroatoms. The van der Waals surface area contributed by atoms with Gasteiger partial charge in [0.15, 0.2) is 0 Å². The van der Waals surface area contributed by atoms with E-state index in [0.717, 1.165) is 47.0 Å². The minimum absolute atomic E-state index is 0.212. The molecule has 4 nitrogen and oxygen atoms in total. The van der Waals surface area contributed by atoms with Crippen LogP contribution in [0.3, 0.4) is 0 Å². The Balaban J connectivity index is 1.31. The van der Waals surface area contributed by atoms with E-state index in [1.807, 2.05) is 35.7 Å². The van der Waals surface area contributed by atoms with Crippen LogP contribution < -0.4 is 9.47 Å². The van der Waals surface area contributed by atoms with Crippen LogP contribution in [-0.2, 0) is 0 Å². The predicted octanol–water partition coefficient (Wildman–Crippen LogP) is 4.68. The maximum atomic E-state index is 12.4. The van der Waals surface area contributed by atoms with Crippen molar-refractivity contribution in [3.05, 3.63) is 47.8 Å². The molecule has 1 aliphatic heterocycles. The van der Waals surface area contributed by atoms with E-state index in [-0.39, 0.29) is 18.3 Å². The summed E-state index contributed by atoms with van der Waals surface area (Å²) in [5.74, 6) is 2.77. The van der Waals surface area contributed by atoms with E-state index in [0.29, 0.717) is 6.61 Å². The Morgan fingerprint density at radius 2 is 1.88 bits per heavy atom. The van der Waals surface area contributed by atoms with Crippen molar-refractivity contribution in [2.45, 2.75) is 0 Å². The highest BCUT2D eigenvalue weighted by Crippen LogP contribution is 2.37. The molecule has 26 heavy (non-hydrogen) atoms. The minimum Gasteiger partial charge on any atom is -0.508 e. The van der Waals surface area contributed by atoms with E-state index in [1.165, 1.54) is 11.3 Å². The molecule has 0 radical (unpaired) electrons. The number of aromatic hydroxyl groups is 1. The topological polar surface area (TPSA) is 41.9 Å². The maximum absolute atomic E-state index is 12.4. The third kappa shape index (κ3) is 3.76. The van der Waals surface area contributed by atoms with E-state index in [1.54, 1.807) is 12.1 Å². The van der Waals surface area contributed by atoms with Gasteiger partial charge < -0.3 is 14.6 Å². The van der Waals surface area contributed by atoms with Crippen LogP contribution in [-0.4, -0.2) is 42.9 Å². The second-order valence-electron chi connectivity index (χ2n) is 6.48. The molecular formula is C20H20FNO3S. The zero-order chi connectivity index (χ0) is 17.9. The van der Waals surface area contributed by atoms with Crippen molar-refractivity contribution in [1.82, 2.24) is 4.90 Å². The summed E-state index contributed by atoms with van der Waals surface area (Å²) in [4.78, 5) is 2.20. The Morgan fingerprint density at radius 3 is 2.65 bits per heavy atom. The van der Waals surface area contributed by atoms with Crippen LogP contribution in [0.5, 0.6) is 23.0 Å². The van der Waals surface area contributed by atoms with Gasteiger partial charge in [-0.1, -0.05) is 0 Å². The second-order valence-corrected chi connectivity index (χ2v) is 7.39. The quantitative estimate of drug-likeness (QED) is 0.653. The molecule has 2 heterocycles. The number of hydrogen-bond acceptors (Lipinski definition) is 5. The lowest BCUT2D eigenvalue weighted by Crippen LogP contribution is -2.49. The SMILES string of the molecule is Oc1ccc2c(Oc3ccc(OCCN4CC(CF)C4)cc3)csc2c1. The summed E-state index contributed by atoms with van der Waals surface area (Å²) in [6.07, 6.45) is 0. The number of rotatable bonds is 7. The number of hydrogen-bond donors (Lipinski definition) is 1. The van der Waals surface area contributed by atoms with Crippen molar-refractivity contribution >= 4 is 21.4 Å². The summed E-state index contributed by atoms with van der Waals surface area (Å²) in [7, 11) is 0. The normalized spacial score (nSPS) is 15.1. The van der Waals surface area contributed by atoms with Gasteiger partial charge in [0.25, 0.3) is 0 Å². The first kappa shape index (κ1) is 17.1. The van der Waals surface area contributed by atoms with Gasteiger partial charge in [-0.15, -0.1) is 11.3 Å². The molecule has 0 saturated carbocycles. The lowest BCUT2D eigenvalue weighted by Gasteiger charge is -2.37. The lowest BCUT2D eigenvalue weighted by atomic mass is 10.0. The monoisotopic (exact) mass is 373 g/mol. The highest BCUT2D eigenvalue weighted by Gasteiger charge is 2.25. The molecule has 1 aliphatic rings. The number of fused-ring (bicyclic) bond motifs is 1. The summed E-state index contributed by atoms with van der Waals surface area (Å²) in [5.41, 5.74) is 0. The zero-order valence-corrected chi connectivity index (χ0v) is 15.0. The van der Waals surface area contributed by atoms with Crippen molar-refractivity contribution < 1.29 is 19.0 Å². The van der Waals surface area contributed by atoms with Crippen LogP contribution >= 0.6 is 11.3 Å². The standard InChI is InChI=1S/C20H20FNO3S/c21-10-14-11-22(12-14)7-8-24-16-2-4-17(5-3-16)25-19-13-26-20-9-15(23)1-6-18(19)20/h1-6,9,13-14,23H,7-8,10-12H2. The largest absolute Gasteiger partial charge is 0.508 e. The van der Waals surface area contributed by atoms with E-state index in [9.17, 15) is 9.50 Å². The Morgan fingerprint density at radius 1 is 1.12 bits per heavy atom. The van der Waals surface area contributed by atoms with Crippen LogP contribution in [0.1, 0.15) is 0 Å². The zero-order valence-electron chi connectivity index (χ0n) is 14.2. The van der Waals surface area contributed by atoms with Crippen molar-refractivity contribution in [3.8, 4) is 23.0 Å². The van der Waals surface area contributed by atoms with Gasteiger partial charge in [0.1, 0.15) is 29.6 Å². The summed E-state index contributed by atoms with van der Waals surface area (Å²) >= 11 is 1.54. The summed E-state index contributed by atoms with van der Waals surface area (Å²) < 4.78 is 25.1. The third-order valence-electron chi connectivity index (χ3n) is 4.50. The van der Waals surface area contributed by atoms with Crippen molar-refractivity contribution in [3.63, 3.8) is 0 Å². The molecule has 1 fully saturated rings. The number of benzene rings is 2. The van der Waals surface area contributed by atoms with Crippen LogP contribution in [0.25, 0.3) is 10.1 Å². The molecular weight excluding hydrogens is 353 g/mol. The van der Waals surface area contributed by atoms with Crippen molar-refractivity contribution in [2.75, 3.05) is 32.9 Å². The second kappa shape index (κ2) is 7.51. The number of phenols is 1. The van der Waals surface area contributed by atoms with Crippen LogP contribution in [0.15, 0.2) is 47.8 Å². The van der Waals surface area contributed by atoms with Crippen LogP contribution in [0, 0.1) is 5.92 Å². The Labute approximate surface area is 155 Å². The fourth-order valence-electron chi connectivity index (χ4n) is 3.05. The molecule has 136 valence electrons. The first-order valence-corrected chi connectivity index (χ1v) is 9.48. The molecule has 0 unspecified atom stereocenters. The number of halogens is 1. The van der Waals surface area contributed by atoms with Gasteiger partial charge in [0.05, 0.1) is 6.67 Å². The van der Waals surface area contributed by atoms with Gasteiger partial charge in [0.2, 0.25) is 0 Å². The van der Waals surface area contributed by atoms with Gasteiger partial charge in [-0.2, -0.15) is 0 Å². The van der Waals surface area contributed by atoms with E-state index in [2.05, 4.69) is 4.90 Å². The summed E-state index contributed by atoms with van der Waals surface area (Å²) in [6, 6.07) is 12.8. The Hall–Kier alpha value is -2.31. The highest BCUT2D eigenvalue weighted by atomic mass is 32.1. The van der Waals surface area contributed by atoms with Crippen molar-refractivity contribution in [2.24, 2.45) is 5.92 Å². The average Bonchev–Trinajstić information content (AvgIpc) is 3.00. The predicted molar refractivity (Wildman–Crippen MR) is 101 cm³/mol. The summed E-state index contributed by atoms with van der Waals surface area (Å²) in [6.45, 7) is 2.86. The van der Waals surface area contributed by atoms with Gasteiger partial charge in [-0.05, 0) is 42.5 Å². The highest BCUT2D eigenvalue weighted by molar-refractivity contribution is 7.17. The van der Waals surface area contributed by atoms with Gasteiger partial charge in [-0.3, -0.25) is 9.29 Å². The lowest BCUT2D eigenvalue weighted by molar-refractivity contribution is 0.0668. The smallest absolute Gasteiger partial charge is 0.145 e. The molecule has 0 spiro atoms. The molecule has 0 aliphatic carbocycles. The molecule has 2 aromatic carbocycles. The van der Waals surface area contributed by atoms with E-state index in [4.69, 9.17) is 9.47 Å². The molecule has 4 rings (SSSR count). The summed E-state index contributed by atoms with van der Waals surface area (Å²) in [5, 5.41) is 12.5. The molecule has 1 N–H and O–H groups in total. The molecule has 0 atom stereocenters. The number of alkyl halides is 1. The molecule has 3 aromatic rings. The van der Waals surface area contributed by atoms with Gasteiger partial charge >= 0.3 is 0 Å². The number of ether oxygens (including phenoxy) is 2. The average molecular weight is 373 g/mol. The third-order valence-corrected chi connectivity index (χ3v) is 5.43. The number of phenolic OH excluding ortho intramolecular Hbond substituents is 1. The molecule has 0 amide bonds. The Bertz CT molecular complexity index is 874. The fraction of sp³-hybridized carbons (Fsp3) is 0.300. The van der Waals surface area contributed by atoms with Crippen LogP contribution in [0.4, 0.5) is 4.39 Å². The van der Waals surface area contributed by atoms with Gasteiger partial charge in [0, 0.05) is 41.0 Å².